The fourth-order valence-corrected chi connectivity index (χ4v) is 3.50. The third kappa shape index (κ3) is 6.02. The number of benzene rings is 2. The van der Waals surface area contributed by atoms with Crippen molar-refractivity contribution >= 4 is 40.4 Å². The standard InChI is InChI=1S/C24H25N3O3S/c1-15(2)14-25-22(28)18-9-10-20(16(3)12-18)27-23(29)17-6-4-7-19(13-17)26-24(30)21-8-5-11-31-21/h4-13,15H,14H2,1-3H3,(H,25,28)(H,26,30)(H,27,29). The molecule has 7 heteroatoms. The van der Waals surface area contributed by atoms with E-state index in [1.807, 2.05) is 32.2 Å². The minimum Gasteiger partial charge on any atom is -0.352 e. The van der Waals surface area contributed by atoms with Crippen LogP contribution in [0.1, 0.15) is 49.8 Å². The molecule has 1 aromatic heterocycles. The van der Waals surface area contributed by atoms with E-state index in [4.69, 9.17) is 0 Å². The number of rotatable bonds is 7. The van der Waals surface area contributed by atoms with Crippen LogP contribution in [0.3, 0.4) is 0 Å². The van der Waals surface area contributed by atoms with E-state index in [9.17, 15) is 14.4 Å². The maximum atomic E-state index is 12.7. The predicted octanol–water partition coefficient (Wildman–Crippen LogP) is 4.95. The van der Waals surface area contributed by atoms with Gasteiger partial charge in [-0.25, -0.2) is 0 Å². The van der Waals surface area contributed by atoms with Crippen LogP contribution >= 0.6 is 11.3 Å². The summed E-state index contributed by atoms with van der Waals surface area (Å²) >= 11 is 1.35. The molecule has 2 aromatic carbocycles. The first-order valence-corrected chi connectivity index (χ1v) is 10.9. The first-order valence-electron chi connectivity index (χ1n) is 9.98. The number of aryl methyl sites for hydroxylation is 1. The molecule has 160 valence electrons. The molecule has 0 aliphatic heterocycles. The van der Waals surface area contributed by atoms with Gasteiger partial charge in [-0.2, -0.15) is 0 Å². The number of thiophene rings is 1. The van der Waals surface area contributed by atoms with Crippen molar-refractivity contribution < 1.29 is 14.4 Å². The Labute approximate surface area is 185 Å². The van der Waals surface area contributed by atoms with Gasteiger partial charge in [0.15, 0.2) is 0 Å². The molecular formula is C24H25N3O3S. The van der Waals surface area contributed by atoms with Crippen molar-refractivity contribution in [2.24, 2.45) is 5.92 Å². The van der Waals surface area contributed by atoms with Gasteiger partial charge < -0.3 is 16.0 Å². The number of anilines is 2. The molecule has 0 atom stereocenters. The Morgan fingerprint density at radius 1 is 0.871 bits per heavy atom. The summed E-state index contributed by atoms with van der Waals surface area (Å²) < 4.78 is 0. The van der Waals surface area contributed by atoms with Gasteiger partial charge in [0.25, 0.3) is 17.7 Å². The van der Waals surface area contributed by atoms with E-state index < -0.39 is 0 Å². The second-order valence-corrected chi connectivity index (χ2v) is 8.55. The van der Waals surface area contributed by atoms with Crippen molar-refractivity contribution in [3.8, 4) is 0 Å². The number of hydrogen-bond donors (Lipinski definition) is 3. The molecule has 0 saturated heterocycles. The number of nitrogens with one attached hydrogen (secondary N) is 3. The van der Waals surface area contributed by atoms with Crippen LogP contribution < -0.4 is 16.0 Å². The van der Waals surface area contributed by atoms with Crippen LogP contribution in [0.15, 0.2) is 60.0 Å². The van der Waals surface area contributed by atoms with Gasteiger partial charge in [-0.15, -0.1) is 11.3 Å². The van der Waals surface area contributed by atoms with Gasteiger partial charge in [0, 0.05) is 29.0 Å². The quantitative estimate of drug-likeness (QED) is 0.491. The molecule has 0 bridgehead atoms. The van der Waals surface area contributed by atoms with E-state index in [-0.39, 0.29) is 17.7 Å². The van der Waals surface area contributed by atoms with Crippen LogP contribution in [-0.4, -0.2) is 24.3 Å². The van der Waals surface area contributed by atoms with E-state index in [1.165, 1.54) is 11.3 Å². The summed E-state index contributed by atoms with van der Waals surface area (Å²) in [6, 6.07) is 15.5. The second-order valence-electron chi connectivity index (χ2n) is 7.60. The molecular weight excluding hydrogens is 410 g/mol. The lowest BCUT2D eigenvalue weighted by Crippen LogP contribution is -2.27. The molecule has 3 amide bonds. The summed E-state index contributed by atoms with van der Waals surface area (Å²) in [6.45, 7) is 6.52. The topological polar surface area (TPSA) is 87.3 Å². The summed E-state index contributed by atoms with van der Waals surface area (Å²) in [5.74, 6) is -0.277. The Hall–Kier alpha value is -3.45. The Kier molecular flexibility index (Phi) is 7.20. The van der Waals surface area contributed by atoms with Gasteiger partial charge in [0.05, 0.1) is 4.88 Å². The third-order valence-corrected chi connectivity index (χ3v) is 5.40. The fourth-order valence-electron chi connectivity index (χ4n) is 2.88. The zero-order valence-corrected chi connectivity index (χ0v) is 18.5. The van der Waals surface area contributed by atoms with Crippen LogP contribution in [0.25, 0.3) is 0 Å². The minimum atomic E-state index is -0.299. The van der Waals surface area contributed by atoms with Crippen molar-refractivity contribution in [3.63, 3.8) is 0 Å². The van der Waals surface area contributed by atoms with E-state index >= 15 is 0 Å². The maximum absolute atomic E-state index is 12.7. The smallest absolute Gasteiger partial charge is 0.265 e. The largest absolute Gasteiger partial charge is 0.352 e. The average Bonchev–Trinajstić information content (AvgIpc) is 3.28. The van der Waals surface area contributed by atoms with Crippen molar-refractivity contribution in [1.82, 2.24) is 5.32 Å². The molecule has 6 nitrogen and oxygen atoms in total. The maximum Gasteiger partial charge on any atom is 0.265 e. The van der Waals surface area contributed by atoms with Gasteiger partial charge in [0.2, 0.25) is 0 Å². The summed E-state index contributed by atoms with van der Waals surface area (Å²) in [5, 5.41) is 10.4. The van der Waals surface area contributed by atoms with Crippen LogP contribution in [0, 0.1) is 12.8 Å². The lowest BCUT2D eigenvalue weighted by atomic mass is 10.1. The molecule has 0 saturated carbocycles. The Morgan fingerprint density at radius 3 is 2.32 bits per heavy atom. The normalized spacial score (nSPS) is 10.6. The summed E-state index contributed by atoms with van der Waals surface area (Å²) in [7, 11) is 0. The summed E-state index contributed by atoms with van der Waals surface area (Å²) in [4.78, 5) is 37.8. The third-order valence-electron chi connectivity index (χ3n) is 4.54. The van der Waals surface area contributed by atoms with Crippen LogP contribution in [-0.2, 0) is 0 Å². The molecule has 0 radical (unpaired) electrons. The number of amides is 3. The Morgan fingerprint density at radius 2 is 1.65 bits per heavy atom. The fraction of sp³-hybridized carbons (Fsp3) is 0.208. The second kappa shape index (κ2) is 10.0. The SMILES string of the molecule is Cc1cc(C(=O)NCC(C)C)ccc1NC(=O)c1cccc(NC(=O)c2cccs2)c1. The molecule has 3 rings (SSSR count). The Bertz CT molecular complexity index is 1090. The van der Waals surface area contributed by atoms with Gasteiger partial charge >= 0.3 is 0 Å². The monoisotopic (exact) mass is 435 g/mol. The van der Waals surface area contributed by atoms with Crippen molar-refractivity contribution in [1.29, 1.82) is 0 Å². The van der Waals surface area contributed by atoms with Crippen LogP contribution in [0.2, 0.25) is 0 Å². The van der Waals surface area contributed by atoms with E-state index in [0.717, 1.165) is 5.56 Å². The predicted molar refractivity (Wildman–Crippen MR) is 125 cm³/mol. The zero-order valence-electron chi connectivity index (χ0n) is 17.7. The minimum absolute atomic E-state index is 0.135. The summed E-state index contributed by atoms with van der Waals surface area (Å²) in [6.07, 6.45) is 0. The van der Waals surface area contributed by atoms with Crippen LogP contribution in [0.5, 0.6) is 0 Å². The molecule has 3 N–H and O–H groups in total. The highest BCUT2D eigenvalue weighted by Gasteiger charge is 2.13. The van der Waals surface area contributed by atoms with Gasteiger partial charge in [0.1, 0.15) is 0 Å². The molecule has 0 fully saturated rings. The molecule has 31 heavy (non-hydrogen) atoms. The highest BCUT2D eigenvalue weighted by Crippen LogP contribution is 2.19. The highest BCUT2D eigenvalue weighted by atomic mass is 32.1. The van der Waals surface area contributed by atoms with Crippen LogP contribution in [0.4, 0.5) is 11.4 Å². The molecule has 0 unspecified atom stereocenters. The van der Waals surface area contributed by atoms with Gasteiger partial charge in [-0.05, 0) is 66.2 Å². The number of carbonyl (C=O) groups is 3. The van der Waals surface area contributed by atoms with Gasteiger partial charge in [-0.3, -0.25) is 14.4 Å². The van der Waals surface area contributed by atoms with Crippen molar-refractivity contribution in [2.75, 3.05) is 17.2 Å². The first-order chi connectivity index (χ1) is 14.8. The molecule has 3 aromatic rings. The average molecular weight is 436 g/mol. The molecule has 0 aliphatic carbocycles. The summed E-state index contributed by atoms with van der Waals surface area (Å²) in [5.41, 5.74) is 2.92. The highest BCUT2D eigenvalue weighted by molar-refractivity contribution is 7.12. The zero-order chi connectivity index (χ0) is 22.4. The van der Waals surface area contributed by atoms with Gasteiger partial charge in [-0.1, -0.05) is 26.0 Å². The lowest BCUT2D eigenvalue weighted by Gasteiger charge is -2.12. The van der Waals surface area contributed by atoms with E-state index in [0.29, 0.717) is 39.8 Å². The lowest BCUT2D eigenvalue weighted by molar-refractivity contribution is 0.0947. The first kappa shape index (κ1) is 22.2. The molecule has 0 spiro atoms. The number of hydrogen-bond acceptors (Lipinski definition) is 4. The van der Waals surface area contributed by atoms with E-state index in [1.54, 1.807) is 48.5 Å². The number of carbonyl (C=O) groups excluding carboxylic acids is 3. The molecule has 1 heterocycles. The van der Waals surface area contributed by atoms with Crippen molar-refractivity contribution in [2.45, 2.75) is 20.8 Å². The Balaban J connectivity index is 1.67. The van der Waals surface area contributed by atoms with E-state index in [2.05, 4.69) is 16.0 Å². The molecule has 0 aliphatic rings. The van der Waals surface area contributed by atoms with Crippen molar-refractivity contribution in [3.05, 3.63) is 81.5 Å².